The van der Waals surface area contributed by atoms with Crippen LogP contribution in [0.25, 0.3) is 0 Å². The van der Waals surface area contributed by atoms with Gasteiger partial charge in [0.15, 0.2) is 5.96 Å². The smallest absolute Gasteiger partial charge is 0.191 e. The second kappa shape index (κ2) is 12.1. The van der Waals surface area contributed by atoms with Crippen LogP contribution >= 0.6 is 0 Å². The van der Waals surface area contributed by atoms with E-state index in [1.54, 1.807) is 7.05 Å². The second-order valence-corrected chi connectivity index (χ2v) is 7.51. The molecule has 0 aliphatic heterocycles. The van der Waals surface area contributed by atoms with Gasteiger partial charge in [-0.15, -0.1) is 0 Å². The van der Waals surface area contributed by atoms with Crippen molar-refractivity contribution in [1.29, 1.82) is 0 Å². The van der Waals surface area contributed by atoms with E-state index in [0.717, 1.165) is 63.0 Å². The number of nitrogens with one attached hydrogen (secondary N) is 2. The molecule has 0 radical (unpaired) electrons. The van der Waals surface area contributed by atoms with Gasteiger partial charge in [0, 0.05) is 38.9 Å². The third kappa shape index (κ3) is 8.56. The first-order chi connectivity index (χ1) is 14.0. The van der Waals surface area contributed by atoms with Gasteiger partial charge in [0.1, 0.15) is 5.75 Å². The van der Waals surface area contributed by atoms with Crippen molar-refractivity contribution >= 4 is 5.96 Å². The zero-order valence-electron chi connectivity index (χ0n) is 18.5. The van der Waals surface area contributed by atoms with Crippen molar-refractivity contribution in [2.24, 2.45) is 4.99 Å². The Morgan fingerprint density at radius 3 is 2.52 bits per heavy atom. The molecule has 0 bridgehead atoms. The summed E-state index contributed by atoms with van der Waals surface area (Å²) in [5.74, 6) is 1.72. The van der Waals surface area contributed by atoms with Gasteiger partial charge >= 0.3 is 0 Å². The Labute approximate surface area is 175 Å². The molecule has 7 nitrogen and oxygen atoms in total. The Kier molecular flexibility index (Phi) is 9.50. The molecule has 0 aliphatic rings. The fraction of sp³-hybridized carbons (Fsp3) is 0.545. The van der Waals surface area contributed by atoms with E-state index in [2.05, 4.69) is 69.5 Å². The Morgan fingerprint density at radius 2 is 1.90 bits per heavy atom. The van der Waals surface area contributed by atoms with E-state index >= 15 is 0 Å². The number of rotatable bonds is 11. The number of aliphatic imine (C=N–C) groups is 1. The summed E-state index contributed by atoms with van der Waals surface area (Å²) in [7, 11) is 5.94. The van der Waals surface area contributed by atoms with Crippen LogP contribution in [0, 0.1) is 13.8 Å². The number of benzene rings is 1. The van der Waals surface area contributed by atoms with Crippen LogP contribution in [0.5, 0.6) is 5.75 Å². The lowest BCUT2D eigenvalue weighted by atomic mass is 10.2. The van der Waals surface area contributed by atoms with E-state index in [4.69, 9.17) is 4.74 Å². The average molecular weight is 401 g/mol. The highest BCUT2D eigenvalue weighted by Gasteiger charge is 2.02. The molecule has 7 heteroatoms. The Hall–Kier alpha value is -2.54. The van der Waals surface area contributed by atoms with Gasteiger partial charge in [0.25, 0.3) is 0 Å². The Morgan fingerprint density at radius 1 is 1.14 bits per heavy atom. The topological polar surface area (TPSA) is 66.7 Å². The maximum absolute atomic E-state index is 5.78. The normalized spacial score (nSPS) is 11.7. The molecule has 2 aromatic rings. The number of aromatic nitrogens is 2. The van der Waals surface area contributed by atoms with Crippen LogP contribution in [-0.4, -0.2) is 61.5 Å². The van der Waals surface area contributed by atoms with Gasteiger partial charge in [-0.25, -0.2) is 0 Å². The number of hydrogen-bond acceptors (Lipinski definition) is 4. The summed E-state index contributed by atoms with van der Waals surface area (Å²) in [5.41, 5.74) is 3.46. The lowest BCUT2D eigenvalue weighted by Crippen LogP contribution is -2.37. The maximum Gasteiger partial charge on any atom is 0.191 e. The van der Waals surface area contributed by atoms with Gasteiger partial charge < -0.3 is 20.3 Å². The largest absolute Gasteiger partial charge is 0.494 e. The van der Waals surface area contributed by atoms with Crippen molar-refractivity contribution in [1.82, 2.24) is 25.3 Å². The van der Waals surface area contributed by atoms with Crippen LogP contribution in [0.1, 0.15) is 29.8 Å². The predicted molar refractivity (Wildman–Crippen MR) is 120 cm³/mol. The van der Waals surface area contributed by atoms with Crippen molar-refractivity contribution in [2.75, 3.05) is 40.8 Å². The first kappa shape index (κ1) is 22.7. The molecule has 0 saturated carbocycles. The SMILES string of the molecule is CN=C(NCCCn1nc(C)cc1C)NCc1ccc(OCCCN(C)C)cc1. The quantitative estimate of drug-likeness (QED) is 0.345. The first-order valence-corrected chi connectivity index (χ1v) is 10.3. The maximum atomic E-state index is 5.78. The molecule has 29 heavy (non-hydrogen) atoms. The first-order valence-electron chi connectivity index (χ1n) is 10.3. The standard InChI is InChI=1S/C22H36N6O/c1-18-16-19(2)28(26-18)14-6-12-24-22(23-3)25-17-20-8-10-21(11-9-20)29-15-7-13-27(4)5/h8-11,16H,6-7,12-15,17H2,1-5H3,(H2,23,24,25). The average Bonchev–Trinajstić information content (AvgIpc) is 3.02. The van der Waals surface area contributed by atoms with Crippen LogP contribution in [-0.2, 0) is 13.1 Å². The number of nitrogens with zero attached hydrogens (tertiary/aromatic N) is 4. The van der Waals surface area contributed by atoms with Crippen molar-refractivity contribution < 1.29 is 4.74 Å². The summed E-state index contributed by atoms with van der Waals surface area (Å²) in [4.78, 5) is 6.46. The Bertz CT molecular complexity index is 751. The third-order valence-electron chi connectivity index (χ3n) is 4.57. The van der Waals surface area contributed by atoms with Gasteiger partial charge in [-0.05, 0) is 64.5 Å². The molecule has 0 spiro atoms. The highest BCUT2D eigenvalue weighted by atomic mass is 16.5. The number of aryl methyl sites for hydroxylation is 3. The summed E-state index contributed by atoms with van der Waals surface area (Å²) in [6, 6.07) is 10.3. The lowest BCUT2D eigenvalue weighted by molar-refractivity contribution is 0.281. The van der Waals surface area contributed by atoms with Crippen LogP contribution in [0.4, 0.5) is 0 Å². The lowest BCUT2D eigenvalue weighted by Gasteiger charge is -2.13. The Balaban J connectivity index is 1.65. The molecule has 0 amide bonds. The minimum absolute atomic E-state index is 0.720. The molecule has 0 fully saturated rings. The van der Waals surface area contributed by atoms with Gasteiger partial charge in [-0.1, -0.05) is 12.1 Å². The molecule has 1 aromatic carbocycles. The highest BCUT2D eigenvalue weighted by Crippen LogP contribution is 2.12. The van der Waals surface area contributed by atoms with Crippen molar-refractivity contribution in [3.63, 3.8) is 0 Å². The van der Waals surface area contributed by atoms with Crippen LogP contribution < -0.4 is 15.4 Å². The predicted octanol–water partition coefficient (Wildman–Crippen LogP) is 2.59. The summed E-state index contributed by atoms with van der Waals surface area (Å²) in [6.07, 6.45) is 2.01. The van der Waals surface area contributed by atoms with E-state index in [9.17, 15) is 0 Å². The highest BCUT2D eigenvalue weighted by molar-refractivity contribution is 5.79. The van der Waals surface area contributed by atoms with Gasteiger partial charge in [0.2, 0.25) is 0 Å². The fourth-order valence-corrected chi connectivity index (χ4v) is 3.02. The zero-order chi connectivity index (χ0) is 21.1. The molecule has 2 N–H and O–H groups in total. The molecular formula is C22H36N6O. The molecule has 0 atom stereocenters. The number of hydrogen-bond donors (Lipinski definition) is 2. The van der Waals surface area contributed by atoms with Crippen molar-refractivity contribution in [3.8, 4) is 5.75 Å². The third-order valence-corrected chi connectivity index (χ3v) is 4.57. The van der Waals surface area contributed by atoms with Crippen LogP contribution in [0.3, 0.4) is 0 Å². The molecule has 1 aromatic heterocycles. The van der Waals surface area contributed by atoms with Gasteiger partial charge in [-0.3, -0.25) is 9.67 Å². The van der Waals surface area contributed by atoms with E-state index in [0.29, 0.717) is 0 Å². The van der Waals surface area contributed by atoms with Crippen LogP contribution in [0.15, 0.2) is 35.3 Å². The van der Waals surface area contributed by atoms with E-state index in [1.807, 2.05) is 19.1 Å². The van der Waals surface area contributed by atoms with Gasteiger partial charge in [0.05, 0.1) is 12.3 Å². The monoisotopic (exact) mass is 400 g/mol. The summed E-state index contributed by atoms with van der Waals surface area (Å²) in [6.45, 7) is 8.36. The van der Waals surface area contributed by atoms with E-state index in [1.165, 1.54) is 11.3 Å². The summed E-state index contributed by atoms with van der Waals surface area (Å²) < 4.78 is 7.83. The minimum Gasteiger partial charge on any atom is -0.494 e. The van der Waals surface area contributed by atoms with E-state index in [-0.39, 0.29) is 0 Å². The second-order valence-electron chi connectivity index (χ2n) is 7.51. The van der Waals surface area contributed by atoms with Gasteiger partial charge in [-0.2, -0.15) is 5.10 Å². The molecule has 1 heterocycles. The molecule has 160 valence electrons. The van der Waals surface area contributed by atoms with Crippen LogP contribution in [0.2, 0.25) is 0 Å². The fourth-order valence-electron chi connectivity index (χ4n) is 3.02. The molecule has 0 unspecified atom stereocenters. The molecule has 2 rings (SSSR count). The molecule has 0 aliphatic carbocycles. The summed E-state index contributed by atoms with van der Waals surface area (Å²) >= 11 is 0. The summed E-state index contributed by atoms with van der Waals surface area (Å²) in [5, 5.41) is 11.2. The zero-order valence-corrected chi connectivity index (χ0v) is 18.5. The van der Waals surface area contributed by atoms with Crippen molar-refractivity contribution in [3.05, 3.63) is 47.3 Å². The number of ether oxygens (including phenoxy) is 1. The molecule has 0 saturated heterocycles. The minimum atomic E-state index is 0.720. The molecular weight excluding hydrogens is 364 g/mol. The van der Waals surface area contributed by atoms with Crippen molar-refractivity contribution in [2.45, 2.75) is 39.8 Å². The number of guanidine groups is 1. The van der Waals surface area contributed by atoms with E-state index < -0.39 is 0 Å².